The lowest BCUT2D eigenvalue weighted by Gasteiger charge is -2.34. The molecule has 0 N–H and O–H groups in total. The molecule has 1 aliphatic rings. The largest absolute Gasteiger partial charge is 0.461 e. The van der Waals surface area contributed by atoms with Gasteiger partial charge in [0.25, 0.3) is 11.7 Å². The minimum atomic E-state index is -0.553. The van der Waals surface area contributed by atoms with Crippen molar-refractivity contribution in [1.82, 2.24) is 9.80 Å². The molecule has 28 heavy (non-hydrogen) atoms. The van der Waals surface area contributed by atoms with Gasteiger partial charge in [0.05, 0.1) is 6.26 Å². The summed E-state index contributed by atoms with van der Waals surface area (Å²) in [6, 6.07) is 11.7. The molecule has 1 aromatic carbocycles. The van der Waals surface area contributed by atoms with Crippen LogP contribution < -0.4 is 0 Å². The highest BCUT2D eigenvalue weighted by Gasteiger charge is 2.28. The van der Waals surface area contributed by atoms with Crippen LogP contribution in [0.15, 0.2) is 47.1 Å². The van der Waals surface area contributed by atoms with Crippen LogP contribution >= 0.6 is 0 Å². The summed E-state index contributed by atoms with van der Waals surface area (Å²) in [5.41, 5.74) is 2.78. The first kappa shape index (κ1) is 20.3. The number of carbonyl (C=O) groups excluding carboxylic acids is 2. The van der Waals surface area contributed by atoms with E-state index in [1.807, 2.05) is 6.92 Å². The van der Waals surface area contributed by atoms with Crippen LogP contribution in [-0.2, 0) is 11.2 Å². The van der Waals surface area contributed by atoms with E-state index >= 15 is 0 Å². The van der Waals surface area contributed by atoms with E-state index < -0.39 is 11.7 Å². The maximum Gasteiger partial charge on any atom is 0.298 e. The van der Waals surface area contributed by atoms with Crippen LogP contribution in [-0.4, -0.2) is 54.2 Å². The molecule has 1 amide bonds. The van der Waals surface area contributed by atoms with Gasteiger partial charge in [0, 0.05) is 19.6 Å². The molecule has 0 saturated carbocycles. The van der Waals surface area contributed by atoms with Crippen LogP contribution in [0, 0.1) is 12.8 Å². The van der Waals surface area contributed by atoms with E-state index in [2.05, 4.69) is 36.1 Å². The molecular weight excluding hydrogens is 352 g/mol. The molecule has 3 rings (SSSR count). The van der Waals surface area contributed by atoms with Crippen molar-refractivity contribution >= 4 is 11.7 Å². The third kappa shape index (κ3) is 5.10. The first-order valence-electron chi connectivity index (χ1n) is 10.2. The minimum absolute atomic E-state index is 0.120. The molecule has 0 unspecified atom stereocenters. The average molecular weight is 383 g/mol. The van der Waals surface area contributed by atoms with Gasteiger partial charge in [0.15, 0.2) is 5.76 Å². The second-order valence-electron chi connectivity index (χ2n) is 7.61. The Balaban J connectivity index is 1.45. The third-order valence-electron chi connectivity index (χ3n) is 5.75. The zero-order valence-corrected chi connectivity index (χ0v) is 16.9. The summed E-state index contributed by atoms with van der Waals surface area (Å²) < 4.78 is 5.08. The maximum atomic E-state index is 12.5. The van der Waals surface area contributed by atoms with Gasteiger partial charge >= 0.3 is 0 Å². The van der Waals surface area contributed by atoms with Gasteiger partial charge in [0.2, 0.25) is 0 Å². The number of benzene rings is 1. The molecule has 1 fully saturated rings. The maximum absolute atomic E-state index is 12.5. The SMILES string of the molecule is CCN(CC1CCN(CCc2ccccc2C)CC1)C(=O)C(=O)c1ccco1. The molecule has 0 aliphatic carbocycles. The fourth-order valence-corrected chi connectivity index (χ4v) is 3.89. The number of ketones is 1. The summed E-state index contributed by atoms with van der Waals surface area (Å²) in [5.74, 6) is -0.445. The van der Waals surface area contributed by atoms with E-state index in [1.165, 1.54) is 17.4 Å². The summed E-state index contributed by atoms with van der Waals surface area (Å²) in [6.07, 6.45) is 4.62. The number of rotatable bonds is 8. The molecule has 2 aromatic rings. The van der Waals surface area contributed by atoms with Gasteiger partial charge in [-0.25, -0.2) is 0 Å². The molecule has 0 atom stereocenters. The van der Waals surface area contributed by atoms with Crippen LogP contribution in [0.4, 0.5) is 0 Å². The molecule has 5 heteroatoms. The number of carbonyl (C=O) groups is 2. The quantitative estimate of drug-likeness (QED) is 0.517. The van der Waals surface area contributed by atoms with Gasteiger partial charge in [0.1, 0.15) is 0 Å². The molecule has 0 spiro atoms. The Bertz CT molecular complexity index is 777. The number of aryl methyl sites for hydroxylation is 1. The van der Waals surface area contributed by atoms with E-state index in [4.69, 9.17) is 4.42 Å². The van der Waals surface area contributed by atoms with Gasteiger partial charge in [-0.3, -0.25) is 9.59 Å². The summed E-state index contributed by atoms with van der Waals surface area (Å²) in [7, 11) is 0. The Morgan fingerprint density at radius 2 is 1.89 bits per heavy atom. The summed E-state index contributed by atoms with van der Waals surface area (Å²) >= 11 is 0. The summed E-state index contributed by atoms with van der Waals surface area (Å²) in [5, 5.41) is 0. The van der Waals surface area contributed by atoms with Crippen molar-refractivity contribution in [2.24, 2.45) is 5.92 Å². The minimum Gasteiger partial charge on any atom is -0.461 e. The van der Waals surface area contributed by atoms with Crippen molar-refractivity contribution < 1.29 is 14.0 Å². The standard InChI is InChI=1S/C23H30N2O3/c1-3-25(23(27)22(26)21-9-6-16-28-21)17-19-10-13-24(14-11-19)15-12-20-8-5-4-7-18(20)2/h4-9,16,19H,3,10-15,17H2,1-2H3. The number of nitrogens with zero attached hydrogens (tertiary/aromatic N) is 2. The van der Waals surface area contributed by atoms with Crippen molar-refractivity contribution in [1.29, 1.82) is 0 Å². The van der Waals surface area contributed by atoms with Gasteiger partial charge in [-0.1, -0.05) is 24.3 Å². The zero-order valence-electron chi connectivity index (χ0n) is 16.9. The lowest BCUT2D eigenvalue weighted by atomic mass is 9.95. The van der Waals surface area contributed by atoms with Crippen molar-refractivity contribution in [2.75, 3.05) is 32.7 Å². The van der Waals surface area contributed by atoms with Crippen molar-refractivity contribution in [3.05, 3.63) is 59.5 Å². The molecule has 150 valence electrons. The number of furan rings is 1. The van der Waals surface area contributed by atoms with Crippen LogP contribution in [0.1, 0.15) is 41.4 Å². The Morgan fingerprint density at radius 3 is 2.54 bits per heavy atom. The number of amides is 1. The van der Waals surface area contributed by atoms with Crippen LogP contribution in [0.2, 0.25) is 0 Å². The highest BCUT2D eigenvalue weighted by Crippen LogP contribution is 2.20. The predicted molar refractivity (Wildman–Crippen MR) is 109 cm³/mol. The van der Waals surface area contributed by atoms with E-state index in [9.17, 15) is 9.59 Å². The first-order chi connectivity index (χ1) is 13.6. The molecule has 5 nitrogen and oxygen atoms in total. The lowest BCUT2D eigenvalue weighted by molar-refractivity contribution is -0.127. The second kappa shape index (κ2) is 9.69. The molecule has 2 heterocycles. The molecule has 0 bridgehead atoms. The Hall–Kier alpha value is -2.40. The molecule has 1 aromatic heterocycles. The van der Waals surface area contributed by atoms with Crippen LogP contribution in [0.3, 0.4) is 0 Å². The fourth-order valence-electron chi connectivity index (χ4n) is 3.89. The van der Waals surface area contributed by atoms with Gasteiger partial charge in [-0.2, -0.15) is 0 Å². The smallest absolute Gasteiger partial charge is 0.298 e. The highest BCUT2D eigenvalue weighted by atomic mass is 16.3. The Kier molecular flexibility index (Phi) is 7.04. The van der Waals surface area contributed by atoms with E-state index in [0.717, 1.165) is 38.9 Å². The number of hydrogen-bond acceptors (Lipinski definition) is 4. The Morgan fingerprint density at radius 1 is 1.14 bits per heavy atom. The van der Waals surface area contributed by atoms with Crippen LogP contribution in [0.25, 0.3) is 0 Å². The van der Waals surface area contributed by atoms with Crippen molar-refractivity contribution in [3.8, 4) is 0 Å². The monoisotopic (exact) mass is 382 g/mol. The summed E-state index contributed by atoms with van der Waals surface area (Å²) in [4.78, 5) is 28.9. The number of likely N-dealkylation sites (N-methyl/N-ethyl adjacent to an activating group) is 1. The normalized spacial score (nSPS) is 15.5. The number of hydrogen-bond donors (Lipinski definition) is 0. The van der Waals surface area contributed by atoms with Crippen molar-refractivity contribution in [3.63, 3.8) is 0 Å². The zero-order chi connectivity index (χ0) is 19.9. The third-order valence-corrected chi connectivity index (χ3v) is 5.75. The average Bonchev–Trinajstić information content (AvgIpc) is 3.26. The number of piperidine rings is 1. The number of Topliss-reactive ketones (excluding diaryl/α,β-unsaturated/α-hetero) is 1. The molecule has 1 saturated heterocycles. The van der Waals surface area contributed by atoms with E-state index in [-0.39, 0.29) is 5.76 Å². The molecule has 0 radical (unpaired) electrons. The molecule has 1 aliphatic heterocycles. The highest BCUT2D eigenvalue weighted by molar-refractivity contribution is 6.41. The van der Waals surface area contributed by atoms with E-state index in [1.54, 1.807) is 17.0 Å². The van der Waals surface area contributed by atoms with Gasteiger partial charge in [-0.15, -0.1) is 0 Å². The van der Waals surface area contributed by atoms with Crippen LogP contribution in [0.5, 0.6) is 0 Å². The summed E-state index contributed by atoms with van der Waals surface area (Å²) in [6.45, 7) is 8.45. The predicted octanol–water partition coefficient (Wildman–Crippen LogP) is 3.57. The van der Waals surface area contributed by atoms with Gasteiger partial charge in [-0.05, 0) is 75.4 Å². The topological polar surface area (TPSA) is 53.8 Å². The first-order valence-corrected chi connectivity index (χ1v) is 10.2. The van der Waals surface area contributed by atoms with Crippen molar-refractivity contribution in [2.45, 2.75) is 33.1 Å². The van der Waals surface area contributed by atoms with E-state index in [0.29, 0.717) is 19.0 Å². The lowest BCUT2D eigenvalue weighted by Crippen LogP contribution is -2.43. The van der Waals surface area contributed by atoms with Gasteiger partial charge < -0.3 is 14.2 Å². The fraction of sp³-hybridized carbons (Fsp3) is 0.478. The number of likely N-dealkylation sites (tertiary alicyclic amines) is 1. The Labute approximate surface area is 167 Å². The second-order valence-corrected chi connectivity index (χ2v) is 7.61. The molecular formula is C23H30N2O3.